The van der Waals surface area contributed by atoms with E-state index in [0.717, 1.165) is 42.6 Å². The molecule has 34 heavy (non-hydrogen) atoms. The molecule has 6 nitrogen and oxygen atoms in total. The van der Waals surface area contributed by atoms with Crippen LogP contribution in [0.2, 0.25) is 0 Å². The van der Waals surface area contributed by atoms with Crippen molar-refractivity contribution in [3.63, 3.8) is 0 Å². The molecule has 2 atom stereocenters. The summed E-state index contributed by atoms with van der Waals surface area (Å²) < 4.78 is 21.4. The third-order valence-corrected chi connectivity index (χ3v) is 6.50. The van der Waals surface area contributed by atoms with Gasteiger partial charge in [-0.3, -0.25) is 4.79 Å². The molecule has 1 aromatic rings. The molecule has 0 aromatic heterocycles. The number of allylic oxidation sites excluding steroid dienone is 5. The molecule has 1 fully saturated rings. The van der Waals surface area contributed by atoms with Gasteiger partial charge >= 0.3 is 0 Å². The van der Waals surface area contributed by atoms with Gasteiger partial charge in [0.1, 0.15) is 5.76 Å². The molecular weight excluding hydrogens is 432 g/mol. The normalized spacial score (nSPS) is 19.1. The fraction of sp³-hybridized carbons (Fsp3) is 0.464. The topological polar surface area (TPSA) is 74.2 Å². The van der Waals surface area contributed by atoms with E-state index in [1.807, 2.05) is 36.4 Å². The van der Waals surface area contributed by atoms with E-state index in [2.05, 4.69) is 0 Å². The van der Waals surface area contributed by atoms with Crippen LogP contribution in [0.5, 0.6) is 11.5 Å². The van der Waals surface area contributed by atoms with Crippen molar-refractivity contribution in [1.82, 2.24) is 0 Å². The van der Waals surface area contributed by atoms with Crippen molar-refractivity contribution >= 4 is 11.9 Å². The molecule has 184 valence electrons. The van der Waals surface area contributed by atoms with Gasteiger partial charge in [0.15, 0.2) is 23.0 Å². The molecule has 0 heterocycles. The number of hydrogen-bond donors (Lipinski definition) is 1. The molecule has 0 aliphatic heterocycles. The van der Waals surface area contributed by atoms with Crippen LogP contribution >= 0.6 is 0 Å². The summed E-state index contributed by atoms with van der Waals surface area (Å²) in [7, 11) is 6.41. The summed E-state index contributed by atoms with van der Waals surface area (Å²) in [5, 5.41) is 11.3. The molecule has 1 N–H and O–H groups in total. The number of carbonyl (C=O) groups is 1. The average Bonchev–Trinajstić information content (AvgIpc) is 3.68. The Balaban J connectivity index is 1.78. The van der Waals surface area contributed by atoms with E-state index in [4.69, 9.17) is 18.9 Å². The van der Waals surface area contributed by atoms with Gasteiger partial charge in [-0.05, 0) is 61.1 Å². The monoisotopic (exact) mass is 468 g/mol. The first-order chi connectivity index (χ1) is 16.3. The van der Waals surface area contributed by atoms with Crippen LogP contribution in [0.4, 0.5) is 0 Å². The Morgan fingerprint density at radius 2 is 1.79 bits per heavy atom. The number of benzene rings is 1. The maximum atomic E-state index is 13.3. The van der Waals surface area contributed by atoms with Gasteiger partial charge < -0.3 is 24.1 Å². The SMILES string of the molecule is COC1=C(OC)CCC(/C=C/C(=O)C(CC2CC2)C(C)(O)/C=C/c2ccc(OC)c(OC)c2)=C1. The van der Waals surface area contributed by atoms with Gasteiger partial charge in [0.2, 0.25) is 0 Å². The number of rotatable bonds is 12. The van der Waals surface area contributed by atoms with Gasteiger partial charge in [0.25, 0.3) is 0 Å². The number of ether oxygens (including phenoxy) is 4. The second kappa shape index (κ2) is 11.4. The van der Waals surface area contributed by atoms with Crippen LogP contribution in [-0.2, 0) is 14.3 Å². The highest BCUT2D eigenvalue weighted by atomic mass is 16.5. The molecule has 1 aromatic carbocycles. The molecule has 0 bridgehead atoms. The lowest BCUT2D eigenvalue weighted by Crippen LogP contribution is -2.37. The summed E-state index contributed by atoms with van der Waals surface area (Å²) in [6, 6.07) is 5.54. The summed E-state index contributed by atoms with van der Waals surface area (Å²) in [5.74, 6) is 2.63. The Hall–Kier alpha value is -2.99. The Morgan fingerprint density at radius 3 is 2.41 bits per heavy atom. The van der Waals surface area contributed by atoms with Gasteiger partial charge in [-0.15, -0.1) is 0 Å². The van der Waals surface area contributed by atoms with Crippen LogP contribution in [0.1, 0.15) is 44.6 Å². The highest BCUT2D eigenvalue weighted by Crippen LogP contribution is 2.40. The number of aliphatic hydroxyl groups is 1. The molecule has 0 amide bonds. The van der Waals surface area contributed by atoms with Gasteiger partial charge in [-0.1, -0.05) is 37.1 Å². The first-order valence-corrected chi connectivity index (χ1v) is 11.7. The predicted molar refractivity (Wildman–Crippen MR) is 133 cm³/mol. The van der Waals surface area contributed by atoms with Crippen LogP contribution < -0.4 is 9.47 Å². The second-order valence-electron chi connectivity index (χ2n) is 9.06. The lowest BCUT2D eigenvalue weighted by Gasteiger charge is -2.28. The minimum Gasteiger partial charge on any atom is -0.497 e. The van der Waals surface area contributed by atoms with Gasteiger partial charge in [0.05, 0.1) is 40.0 Å². The standard InChI is InChI=1S/C28H36O6/c1-28(30,15-14-21-10-13-25(32-3)27(18-21)34-5)22(16-19-6-7-19)23(29)11-8-20-9-12-24(31-2)26(17-20)33-4/h8,10-11,13-15,17-19,22,30H,6-7,9,12,16H2,1-5H3/b11-8+,15-14+. The third-order valence-electron chi connectivity index (χ3n) is 6.50. The van der Waals surface area contributed by atoms with Crippen molar-refractivity contribution in [2.45, 2.75) is 44.6 Å². The van der Waals surface area contributed by atoms with Crippen molar-refractivity contribution in [3.05, 3.63) is 65.2 Å². The highest BCUT2D eigenvalue weighted by molar-refractivity contribution is 5.93. The number of hydrogen-bond acceptors (Lipinski definition) is 6. The molecule has 3 rings (SSSR count). The molecule has 2 unspecified atom stereocenters. The van der Waals surface area contributed by atoms with E-state index in [-0.39, 0.29) is 5.78 Å². The summed E-state index contributed by atoms with van der Waals surface area (Å²) >= 11 is 0. The van der Waals surface area contributed by atoms with Crippen LogP contribution in [0.15, 0.2) is 59.6 Å². The molecular formula is C28H36O6. The van der Waals surface area contributed by atoms with Crippen molar-refractivity contribution in [2.24, 2.45) is 11.8 Å². The van der Waals surface area contributed by atoms with Crippen molar-refractivity contribution in [2.75, 3.05) is 28.4 Å². The van der Waals surface area contributed by atoms with Gasteiger partial charge in [-0.2, -0.15) is 0 Å². The molecule has 6 heteroatoms. The zero-order valence-corrected chi connectivity index (χ0v) is 20.8. The smallest absolute Gasteiger partial charge is 0.161 e. The minimum atomic E-state index is -1.29. The van der Waals surface area contributed by atoms with E-state index in [0.29, 0.717) is 29.6 Å². The average molecular weight is 469 g/mol. The van der Waals surface area contributed by atoms with E-state index in [9.17, 15) is 9.90 Å². The summed E-state index contributed by atoms with van der Waals surface area (Å²) in [4.78, 5) is 13.3. The molecule has 0 spiro atoms. The van der Waals surface area contributed by atoms with Crippen molar-refractivity contribution in [3.8, 4) is 11.5 Å². The van der Waals surface area contributed by atoms with Crippen LogP contribution in [0.25, 0.3) is 6.08 Å². The summed E-state index contributed by atoms with van der Waals surface area (Å²) in [6.45, 7) is 1.71. The molecule has 2 aliphatic carbocycles. The largest absolute Gasteiger partial charge is 0.497 e. The second-order valence-corrected chi connectivity index (χ2v) is 9.06. The van der Waals surface area contributed by atoms with Crippen LogP contribution in [0.3, 0.4) is 0 Å². The quantitative estimate of drug-likeness (QED) is 0.423. The fourth-order valence-electron chi connectivity index (χ4n) is 4.18. The lowest BCUT2D eigenvalue weighted by molar-refractivity contribution is -0.124. The first kappa shape index (κ1) is 25.6. The third kappa shape index (κ3) is 6.54. The minimum absolute atomic E-state index is 0.0738. The van der Waals surface area contributed by atoms with Crippen LogP contribution in [0, 0.1) is 11.8 Å². The zero-order valence-electron chi connectivity index (χ0n) is 20.8. The van der Waals surface area contributed by atoms with E-state index in [1.54, 1.807) is 47.5 Å². The first-order valence-electron chi connectivity index (χ1n) is 11.7. The highest BCUT2D eigenvalue weighted by Gasteiger charge is 2.38. The van der Waals surface area contributed by atoms with E-state index >= 15 is 0 Å². The maximum Gasteiger partial charge on any atom is 0.161 e. The van der Waals surface area contributed by atoms with E-state index in [1.165, 1.54) is 0 Å². The Morgan fingerprint density at radius 1 is 1.06 bits per heavy atom. The molecule has 2 aliphatic rings. The predicted octanol–water partition coefficient (Wildman–Crippen LogP) is 5.23. The van der Waals surface area contributed by atoms with Gasteiger partial charge in [-0.25, -0.2) is 0 Å². The molecule has 0 saturated heterocycles. The molecule has 0 radical (unpaired) electrons. The maximum absolute atomic E-state index is 13.3. The Labute approximate surface area is 202 Å². The van der Waals surface area contributed by atoms with Crippen LogP contribution in [-0.4, -0.2) is 44.9 Å². The summed E-state index contributed by atoms with van der Waals surface area (Å²) in [6.07, 6.45) is 13.2. The van der Waals surface area contributed by atoms with Crippen molar-refractivity contribution < 1.29 is 28.8 Å². The lowest BCUT2D eigenvalue weighted by atomic mass is 9.80. The van der Waals surface area contributed by atoms with Gasteiger partial charge in [0, 0.05) is 6.42 Å². The summed E-state index contributed by atoms with van der Waals surface area (Å²) in [5.41, 5.74) is 0.557. The van der Waals surface area contributed by atoms with E-state index < -0.39 is 11.5 Å². The number of methoxy groups -OCH3 is 4. The fourth-order valence-corrected chi connectivity index (χ4v) is 4.18. The van der Waals surface area contributed by atoms with Crippen molar-refractivity contribution in [1.29, 1.82) is 0 Å². The zero-order chi connectivity index (χ0) is 24.7. The number of carbonyl (C=O) groups excluding carboxylic acids is 1. The Bertz CT molecular complexity index is 994. The Kier molecular flexibility index (Phi) is 8.61. The number of ketones is 1. The molecule has 1 saturated carbocycles.